The number of nitrogens with one attached hydrogen (secondary N) is 3. The number of halogens is 1. The topological polar surface area (TPSA) is 137 Å². The molecule has 1 amide bonds. The summed E-state index contributed by atoms with van der Waals surface area (Å²) >= 11 is 7.33. The summed E-state index contributed by atoms with van der Waals surface area (Å²) in [6.45, 7) is 6.84. The average Bonchev–Trinajstić information content (AvgIpc) is 2.89. The minimum atomic E-state index is -0.637. The van der Waals surface area contributed by atoms with Crippen molar-refractivity contribution in [2.75, 3.05) is 19.8 Å². The standard InChI is InChI=1S/C27H29IN4O7S/c1-5-36-21-12-17(11-19(28)25(21)39-16(4)33)13-29-32-22(34)14-38-20-10-8-7-9-18(20)24-23(26(35)37-6-2)15(3)30-27(40)31-24/h7-13,24H,5-6,14H2,1-4H3,(H,32,34)(H2,30,31,40)/t24-/m1/s1. The number of rotatable bonds is 11. The average molecular weight is 681 g/mol. The van der Waals surface area contributed by atoms with E-state index in [1.54, 1.807) is 50.2 Å². The molecule has 13 heteroatoms. The molecule has 0 fully saturated rings. The van der Waals surface area contributed by atoms with Crippen LogP contribution in [-0.2, 0) is 19.1 Å². The number of nitrogens with zero attached hydrogens (tertiary/aromatic N) is 1. The Balaban J connectivity index is 1.71. The Morgan fingerprint density at radius 2 is 1.88 bits per heavy atom. The SMILES string of the molecule is CCOC(=O)C1=C(C)NC(=S)N[C@@H]1c1ccccc1OCC(=O)NN=Cc1cc(I)c(OC(C)=O)c(OCC)c1. The van der Waals surface area contributed by atoms with Crippen LogP contribution in [-0.4, -0.2) is 49.0 Å². The molecule has 3 N–H and O–H groups in total. The van der Waals surface area contributed by atoms with Gasteiger partial charge < -0.3 is 29.6 Å². The first kappa shape index (κ1) is 30.8. The van der Waals surface area contributed by atoms with Gasteiger partial charge in [0.05, 0.1) is 34.6 Å². The van der Waals surface area contributed by atoms with Gasteiger partial charge in [0.25, 0.3) is 5.91 Å². The largest absolute Gasteiger partial charge is 0.490 e. The van der Waals surface area contributed by atoms with Crippen molar-refractivity contribution >= 4 is 64.0 Å². The fraction of sp³-hybridized carbons (Fsp3) is 0.296. The molecule has 212 valence electrons. The molecule has 40 heavy (non-hydrogen) atoms. The van der Waals surface area contributed by atoms with Gasteiger partial charge in [0, 0.05) is 18.2 Å². The van der Waals surface area contributed by atoms with Gasteiger partial charge in [-0.05, 0) is 79.3 Å². The summed E-state index contributed by atoms with van der Waals surface area (Å²) < 4.78 is 22.5. The highest BCUT2D eigenvalue weighted by Crippen LogP contribution is 2.35. The highest BCUT2D eigenvalue weighted by molar-refractivity contribution is 14.1. The Bertz CT molecular complexity index is 1360. The fourth-order valence-corrected chi connectivity index (χ4v) is 4.79. The van der Waals surface area contributed by atoms with Gasteiger partial charge >= 0.3 is 11.9 Å². The van der Waals surface area contributed by atoms with Gasteiger partial charge in [-0.15, -0.1) is 0 Å². The van der Waals surface area contributed by atoms with Crippen molar-refractivity contribution in [3.05, 3.63) is 62.4 Å². The predicted octanol–water partition coefficient (Wildman–Crippen LogP) is 3.50. The number of amides is 1. The van der Waals surface area contributed by atoms with Gasteiger partial charge in [-0.3, -0.25) is 9.59 Å². The Morgan fingerprint density at radius 3 is 2.58 bits per heavy atom. The van der Waals surface area contributed by atoms with E-state index in [-0.39, 0.29) is 13.2 Å². The first-order valence-corrected chi connectivity index (χ1v) is 13.8. The zero-order valence-corrected chi connectivity index (χ0v) is 25.3. The normalized spacial score (nSPS) is 14.7. The molecule has 1 heterocycles. The molecule has 0 saturated carbocycles. The summed E-state index contributed by atoms with van der Waals surface area (Å²) in [6, 6.07) is 9.77. The number of para-hydroxylation sites is 1. The lowest BCUT2D eigenvalue weighted by Crippen LogP contribution is -2.45. The van der Waals surface area contributed by atoms with Crippen LogP contribution in [0.5, 0.6) is 17.2 Å². The quantitative estimate of drug-likeness (QED) is 0.0809. The number of carbonyl (C=O) groups is 3. The van der Waals surface area contributed by atoms with E-state index < -0.39 is 23.9 Å². The van der Waals surface area contributed by atoms with Crippen LogP contribution in [0.25, 0.3) is 0 Å². The molecule has 0 radical (unpaired) electrons. The zero-order chi connectivity index (χ0) is 29.2. The van der Waals surface area contributed by atoms with Crippen LogP contribution >= 0.6 is 34.8 Å². The highest BCUT2D eigenvalue weighted by Gasteiger charge is 2.32. The lowest BCUT2D eigenvalue weighted by atomic mass is 9.95. The molecule has 0 saturated heterocycles. The molecule has 0 spiro atoms. The number of thiocarbonyl (C=S) groups is 1. The second kappa shape index (κ2) is 14.6. The lowest BCUT2D eigenvalue weighted by Gasteiger charge is -2.30. The second-order valence-corrected chi connectivity index (χ2v) is 9.84. The van der Waals surface area contributed by atoms with E-state index in [4.69, 9.17) is 31.2 Å². The third-order valence-corrected chi connectivity index (χ3v) is 6.35. The van der Waals surface area contributed by atoms with E-state index in [2.05, 4.69) is 21.2 Å². The second-order valence-electron chi connectivity index (χ2n) is 8.27. The van der Waals surface area contributed by atoms with Crippen LogP contribution in [0.2, 0.25) is 0 Å². The van der Waals surface area contributed by atoms with Crippen LogP contribution in [0.15, 0.2) is 52.8 Å². The first-order valence-electron chi connectivity index (χ1n) is 12.3. The number of ether oxygens (including phenoxy) is 4. The minimum Gasteiger partial charge on any atom is -0.490 e. The molecule has 0 bridgehead atoms. The Kier molecular flexibility index (Phi) is 11.3. The van der Waals surface area contributed by atoms with Crippen molar-refractivity contribution in [1.29, 1.82) is 0 Å². The van der Waals surface area contributed by atoms with Crippen molar-refractivity contribution in [2.24, 2.45) is 5.10 Å². The molecule has 0 aliphatic carbocycles. The summed E-state index contributed by atoms with van der Waals surface area (Å²) in [5.74, 6) is -0.365. The molecular formula is C27H29IN4O7S. The molecule has 1 aliphatic heterocycles. The van der Waals surface area contributed by atoms with Crippen LogP contribution < -0.4 is 30.3 Å². The molecule has 11 nitrogen and oxygen atoms in total. The summed E-state index contributed by atoms with van der Waals surface area (Å²) in [4.78, 5) is 36.6. The summed E-state index contributed by atoms with van der Waals surface area (Å²) in [6.07, 6.45) is 1.44. The molecule has 0 aromatic heterocycles. The first-order chi connectivity index (χ1) is 19.1. The lowest BCUT2D eigenvalue weighted by molar-refractivity contribution is -0.139. The van der Waals surface area contributed by atoms with Gasteiger partial charge in [0.2, 0.25) is 0 Å². The van der Waals surface area contributed by atoms with E-state index in [9.17, 15) is 14.4 Å². The van der Waals surface area contributed by atoms with Gasteiger partial charge in [-0.2, -0.15) is 5.10 Å². The maximum absolute atomic E-state index is 12.7. The maximum atomic E-state index is 12.7. The van der Waals surface area contributed by atoms with Gasteiger partial charge in [0.15, 0.2) is 23.2 Å². The van der Waals surface area contributed by atoms with Crippen LogP contribution in [0, 0.1) is 3.57 Å². The van der Waals surface area contributed by atoms with E-state index in [0.717, 1.165) is 0 Å². The molecule has 1 atom stereocenters. The maximum Gasteiger partial charge on any atom is 0.338 e. The number of esters is 2. The van der Waals surface area contributed by atoms with Crippen molar-refractivity contribution in [2.45, 2.75) is 33.7 Å². The van der Waals surface area contributed by atoms with Gasteiger partial charge in [-0.1, -0.05) is 18.2 Å². The van der Waals surface area contributed by atoms with Crippen molar-refractivity contribution in [3.8, 4) is 17.2 Å². The number of benzene rings is 2. The van der Waals surface area contributed by atoms with Crippen LogP contribution in [0.4, 0.5) is 0 Å². The Labute approximate surface area is 250 Å². The third-order valence-electron chi connectivity index (χ3n) is 5.33. The number of allylic oxidation sites excluding steroid dienone is 1. The van der Waals surface area contributed by atoms with Gasteiger partial charge in [0.1, 0.15) is 5.75 Å². The number of carbonyl (C=O) groups excluding carboxylic acids is 3. The molecular weight excluding hydrogens is 651 g/mol. The van der Waals surface area contributed by atoms with Gasteiger partial charge in [-0.25, -0.2) is 10.2 Å². The Morgan fingerprint density at radius 1 is 1.12 bits per heavy atom. The molecule has 2 aromatic carbocycles. The summed E-state index contributed by atoms with van der Waals surface area (Å²) in [7, 11) is 0. The predicted molar refractivity (Wildman–Crippen MR) is 160 cm³/mol. The summed E-state index contributed by atoms with van der Waals surface area (Å²) in [5.41, 5.74) is 4.58. The Hall–Kier alpha value is -3.72. The molecule has 0 unspecified atom stereocenters. The van der Waals surface area contributed by atoms with Crippen molar-refractivity contribution < 1.29 is 33.3 Å². The number of hydrogen-bond acceptors (Lipinski definition) is 9. The summed E-state index contributed by atoms with van der Waals surface area (Å²) in [5, 5.41) is 10.4. The van der Waals surface area contributed by atoms with E-state index in [0.29, 0.717) is 54.9 Å². The van der Waals surface area contributed by atoms with Crippen molar-refractivity contribution in [1.82, 2.24) is 16.1 Å². The molecule has 1 aliphatic rings. The van der Waals surface area contributed by atoms with Crippen LogP contribution in [0.1, 0.15) is 44.9 Å². The van der Waals surface area contributed by atoms with Crippen LogP contribution in [0.3, 0.4) is 0 Å². The van der Waals surface area contributed by atoms with E-state index >= 15 is 0 Å². The number of hydrazone groups is 1. The minimum absolute atomic E-state index is 0.216. The highest BCUT2D eigenvalue weighted by atomic mass is 127. The van der Waals surface area contributed by atoms with E-state index in [1.807, 2.05) is 29.5 Å². The zero-order valence-electron chi connectivity index (χ0n) is 22.3. The van der Waals surface area contributed by atoms with E-state index in [1.165, 1.54) is 13.1 Å². The van der Waals surface area contributed by atoms with Crippen molar-refractivity contribution in [3.63, 3.8) is 0 Å². The molecule has 3 rings (SSSR count). The molecule has 2 aromatic rings. The monoisotopic (exact) mass is 680 g/mol. The fourth-order valence-electron chi connectivity index (χ4n) is 3.78. The third kappa shape index (κ3) is 8.14. The number of hydrogen-bond donors (Lipinski definition) is 3. The smallest absolute Gasteiger partial charge is 0.338 e.